The number of ether oxygens (including phenoxy) is 2. The predicted octanol–water partition coefficient (Wildman–Crippen LogP) is 2.66. The molecule has 1 aliphatic rings. The van der Waals surface area contributed by atoms with Crippen molar-refractivity contribution in [2.24, 2.45) is 0 Å². The first kappa shape index (κ1) is 12.0. The Hall–Kier alpha value is -2.07. The minimum absolute atomic E-state index is 0.214. The highest BCUT2D eigenvalue weighted by molar-refractivity contribution is 5.44. The third-order valence-corrected chi connectivity index (χ3v) is 3.18. The van der Waals surface area contributed by atoms with E-state index in [1.54, 1.807) is 0 Å². The quantitative estimate of drug-likeness (QED) is 0.913. The summed E-state index contributed by atoms with van der Waals surface area (Å²) in [5.74, 6) is 1.64. The van der Waals surface area contributed by atoms with E-state index in [0.29, 0.717) is 6.79 Å². The first-order chi connectivity index (χ1) is 9.33. The number of nitrogens with one attached hydrogen (secondary N) is 1. The average Bonchev–Trinajstić information content (AvgIpc) is 2.93. The maximum absolute atomic E-state index is 5.37. The molecule has 2 aromatic rings. The summed E-state index contributed by atoms with van der Waals surface area (Å²) in [6.07, 6.45) is 1.81. The molecule has 3 rings (SSSR count). The van der Waals surface area contributed by atoms with Crippen molar-refractivity contribution in [2.75, 3.05) is 6.79 Å². The summed E-state index contributed by atoms with van der Waals surface area (Å²) in [5, 5.41) is 3.45. The Morgan fingerprint density at radius 2 is 2.11 bits per heavy atom. The standard InChI is InChI=1S/C15H16N2O2/c1-11(13-4-2-3-7-16-13)17-9-12-5-6-14-15(8-12)19-10-18-14/h2-8,11,17H,9-10H2,1H3. The Bertz CT molecular complexity index is 557. The monoisotopic (exact) mass is 256 g/mol. The molecule has 1 aromatic carbocycles. The topological polar surface area (TPSA) is 43.4 Å². The van der Waals surface area contributed by atoms with Crippen molar-refractivity contribution < 1.29 is 9.47 Å². The molecule has 0 saturated carbocycles. The number of hydrogen-bond donors (Lipinski definition) is 1. The molecule has 1 aromatic heterocycles. The molecule has 0 fully saturated rings. The van der Waals surface area contributed by atoms with Gasteiger partial charge in [0.15, 0.2) is 11.5 Å². The van der Waals surface area contributed by atoms with Crippen LogP contribution in [0.1, 0.15) is 24.2 Å². The maximum Gasteiger partial charge on any atom is 0.231 e. The summed E-state index contributed by atoms with van der Waals surface area (Å²) in [7, 11) is 0. The van der Waals surface area contributed by atoms with Crippen LogP contribution in [0.5, 0.6) is 11.5 Å². The van der Waals surface area contributed by atoms with Crippen LogP contribution in [0.25, 0.3) is 0 Å². The largest absolute Gasteiger partial charge is 0.454 e. The van der Waals surface area contributed by atoms with E-state index in [1.807, 2.05) is 42.6 Å². The van der Waals surface area contributed by atoms with Crippen LogP contribution in [0.3, 0.4) is 0 Å². The Morgan fingerprint density at radius 1 is 1.21 bits per heavy atom. The fraction of sp³-hybridized carbons (Fsp3) is 0.267. The van der Waals surface area contributed by atoms with Gasteiger partial charge in [0.2, 0.25) is 6.79 Å². The van der Waals surface area contributed by atoms with E-state index in [-0.39, 0.29) is 6.04 Å². The number of pyridine rings is 1. The second-order valence-corrected chi connectivity index (χ2v) is 4.54. The van der Waals surface area contributed by atoms with Gasteiger partial charge in [-0.25, -0.2) is 0 Å². The summed E-state index contributed by atoms with van der Waals surface area (Å²) in [6, 6.07) is 12.2. The number of benzene rings is 1. The smallest absolute Gasteiger partial charge is 0.231 e. The number of aromatic nitrogens is 1. The van der Waals surface area contributed by atoms with Crippen molar-refractivity contribution >= 4 is 0 Å². The normalized spacial score (nSPS) is 14.4. The molecule has 1 unspecified atom stereocenters. The zero-order valence-corrected chi connectivity index (χ0v) is 10.8. The van der Waals surface area contributed by atoms with Crippen LogP contribution in [0, 0.1) is 0 Å². The van der Waals surface area contributed by atoms with Gasteiger partial charge in [-0.15, -0.1) is 0 Å². The van der Waals surface area contributed by atoms with Gasteiger partial charge >= 0.3 is 0 Å². The van der Waals surface area contributed by atoms with Gasteiger partial charge in [0.05, 0.1) is 5.69 Å². The van der Waals surface area contributed by atoms with Crippen LogP contribution in [0.15, 0.2) is 42.6 Å². The minimum Gasteiger partial charge on any atom is -0.454 e. The summed E-state index contributed by atoms with van der Waals surface area (Å²) in [5.41, 5.74) is 2.22. The first-order valence-electron chi connectivity index (χ1n) is 6.36. The third kappa shape index (κ3) is 2.69. The highest BCUT2D eigenvalue weighted by Crippen LogP contribution is 2.32. The Labute approximate surface area is 112 Å². The third-order valence-electron chi connectivity index (χ3n) is 3.18. The van der Waals surface area contributed by atoms with E-state index in [4.69, 9.17) is 9.47 Å². The molecule has 4 heteroatoms. The summed E-state index contributed by atoms with van der Waals surface area (Å²) in [6.45, 7) is 3.19. The highest BCUT2D eigenvalue weighted by Gasteiger charge is 2.13. The molecular weight excluding hydrogens is 240 g/mol. The molecule has 0 radical (unpaired) electrons. The lowest BCUT2D eigenvalue weighted by molar-refractivity contribution is 0.174. The van der Waals surface area contributed by atoms with Gasteiger partial charge in [-0.3, -0.25) is 4.98 Å². The van der Waals surface area contributed by atoms with E-state index in [2.05, 4.69) is 17.2 Å². The van der Waals surface area contributed by atoms with Gasteiger partial charge in [-0.05, 0) is 36.8 Å². The number of hydrogen-bond acceptors (Lipinski definition) is 4. The lowest BCUT2D eigenvalue weighted by Gasteiger charge is -2.13. The lowest BCUT2D eigenvalue weighted by atomic mass is 10.1. The molecule has 0 bridgehead atoms. The van der Waals surface area contributed by atoms with Crippen molar-refractivity contribution in [3.63, 3.8) is 0 Å². The van der Waals surface area contributed by atoms with E-state index in [1.165, 1.54) is 5.56 Å². The van der Waals surface area contributed by atoms with Crippen molar-refractivity contribution in [1.82, 2.24) is 10.3 Å². The number of fused-ring (bicyclic) bond motifs is 1. The second kappa shape index (κ2) is 5.28. The van der Waals surface area contributed by atoms with Crippen LogP contribution < -0.4 is 14.8 Å². The summed E-state index contributed by atoms with van der Waals surface area (Å²) >= 11 is 0. The zero-order valence-electron chi connectivity index (χ0n) is 10.8. The molecule has 0 amide bonds. The Kier molecular flexibility index (Phi) is 3.33. The zero-order chi connectivity index (χ0) is 13.1. The van der Waals surface area contributed by atoms with Crippen LogP contribution in [-0.4, -0.2) is 11.8 Å². The van der Waals surface area contributed by atoms with E-state index in [9.17, 15) is 0 Å². The number of rotatable bonds is 4. The van der Waals surface area contributed by atoms with Gasteiger partial charge in [0.1, 0.15) is 0 Å². The molecule has 4 nitrogen and oxygen atoms in total. The minimum atomic E-state index is 0.214. The Balaban J connectivity index is 1.63. The number of nitrogens with zero attached hydrogens (tertiary/aromatic N) is 1. The molecular formula is C15H16N2O2. The van der Waals surface area contributed by atoms with E-state index < -0.39 is 0 Å². The van der Waals surface area contributed by atoms with E-state index >= 15 is 0 Å². The van der Waals surface area contributed by atoms with Crippen LogP contribution in [-0.2, 0) is 6.54 Å². The fourth-order valence-corrected chi connectivity index (χ4v) is 2.06. The van der Waals surface area contributed by atoms with Crippen LogP contribution in [0.2, 0.25) is 0 Å². The molecule has 1 atom stereocenters. The summed E-state index contributed by atoms with van der Waals surface area (Å²) in [4.78, 5) is 4.34. The van der Waals surface area contributed by atoms with Crippen molar-refractivity contribution in [1.29, 1.82) is 0 Å². The van der Waals surface area contributed by atoms with Gasteiger partial charge < -0.3 is 14.8 Å². The van der Waals surface area contributed by atoms with Gasteiger partial charge in [0, 0.05) is 18.8 Å². The second-order valence-electron chi connectivity index (χ2n) is 4.54. The SMILES string of the molecule is CC(NCc1ccc2c(c1)OCO2)c1ccccn1. The molecule has 1 aliphatic heterocycles. The maximum atomic E-state index is 5.37. The van der Waals surface area contributed by atoms with Gasteiger partial charge in [0.25, 0.3) is 0 Å². The highest BCUT2D eigenvalue weighted by atomic mass is 16.7. The predicted molar refractivity (Wildman–Crippen MR) is 72.1 cm³/mol. The van der Waals surface area contributed by atoms with Crippen molar-refractivity contribution in [2.45, 2.75) is 19.5 Å². The fourth-order valence-electron chi connectivity index (χ4n) is 2.06. The summed E-state index contributed by atoms with van der Waals surface area (Å²) < 4.78 is 10.7. The molecule has 1 N–H and O–H groups in total. The molecule has 0 spiro atoms. The van der Waals surface area contributed by atoms with Crippen LogP contribution >= 0.6 is 0 Å². The molecule has 0 saturated heterocycles. The molecule has 2 heterocycles. The molecule has 98 valence electrons. The van der Waals surface area contributed by atoms with Crippen molar-refractivity contribution in [3.05, 3.63) is 53.9 Å². The molecule has 19 heavy (non-hydrogen) atoms. The van der Waals surface area contributed by atoms with Crippen molar-refractivity contribution in [3.8, 4) is 11.5 Å². The Morgan fingerprint density at radius 3 is 2.95 bits per heavy atom. The lowest BCUT2D eigenvalue weighted by Crippen LogP contribution is -2.18. The molecule has 0 aliphatic carbocycles. The first-order valence-corrected chi connectivity index (χ1v) is 6.36. The van der Waals surface area contributed by atoms with Gasteiger partial charge in [-0.1, -0.05) is 12.1 Å². The average molecular weight is 256 g/mol. The van der Waals surface area contributed by atoms with Crippen LogP contribution in [0.4, 0.5) is 0 Å². The van der Waals surface area contributed by atoms with Gasteiger partial charge in [-0.2, -0.15) is 0 Å². The van der Waals surface area contributed by atoms with E-state index in [0.717, 1.165) is 23.7 Å².